The molecule has 5 aromatic rings. The topological polar surface area (TPSA) is 52.6 Å². The summed E-state index contributed by atoms with van der Waals surface area (Å²) in [5.74, 6) is -0.171. The maximum atomic E-state index is 15.6. The van der Waals surface area contributed by atoms with Crippen LogP contribution < -0.4 is 5.32 Å². The molecule has 1 unspecified atom stereocenters. The van der Waals surface area contributed by atoms with Crippen molar-refractivity contribution in [3.8, 4) is 0 Å². The molecule has 6 heteroatoms. The van der Waals surface area contributed by atoms with E-state index < -0.39 is 16.7 Å². The predicted molar refractivity (Wildman–Crippen MR) is 179 cm³/mol. The van der Waals surface area contributed by atoms with Gasteiger partial charge in [0, 0.05) is 46.2 Å². The summed E-state index contributed by atoms with van der Waals surface area (Å²) in [4.78, 5) is 17.7. The van der Waals surface area contributed by atoms with E-state index in [4.69, 9.17) is 23.2 Å². The highest BCUT2D eigenvalue weighted by molar-refractivity contribution is 6.30. The molecule has 4 aliphatic rings. The van der Waals surface area contributed by atoms with Crippen molar-refractivity contribution in [2.24, 2.45) is 5.41 Å². The maximum absolute atomic E-state index is 15.6. The van der Waals surface area contributed by atoms with Gasteiger partial charge in [0.25, 0.3) is 0 Å². The van der Waals surface area contributed by atoms with Crippen molar-refractivity contribution in [3.63, 3.8) is 0 Å². The second-order valence-corrected chi connectivity index (χ2v) is 13.9. The van der Waals surface area contributed by atoms with Gasteiger partial charge >= 0.3 is 0 Å². The first kappa shape index (κ1) is 27.5. The molecule has 3 heterocycles. The van der Waals surface area contributed by atoms with Crippen LogP contribution in [-0.2, 0) is 22.5 Å². The fraction of sp³-hybridized carbons (Fsp3) is 0.205. The van der Waals surface area contributed by atoms with Crippen LogP contribution in [0, 0.1) is 5.41 Å². The Morgan fingerprint density at radius 2 is 1.49 bits per heavy atom. The normalized spacial score (nSPS) is 31.8. The summed E-state index contributed by atoms with van der Waals surface area (Å²) in [5, 5.41) is 21.0. The Labute approximate surface area is 271 Å². The van der Waals surface area contributed by atoms with Gasteiger partial charge < -0.3 is 5.11 Å². The highest BCUT2D eigenvalue weighted by Crippen LogP contribution is 2.74. The summed E-state index contributed by atoms with van der Waals surface area (Å²) >= 11 is 12.6. The Hall–Kier alpha value is -3.77. The zero-order valence-electron chi connectivity index (χ0n) is 24.4. The molecule has 3 saturated heterocycles. The van der Waals surface area contributed by atoms with Gasteiger partial charge in [-0.05, 0) is 69.8 Å². The van der Waals surface area contributed by atoms with Crippen molar-refractivity contribution >= 4 is 45.8 Å². The maximum Gasteiger partial charge on any atom is 0.170 e. The minimum absolute atomic E-state index is 0.0810. The molecule has 222 valence electrons. The number of nitrogens with one attached hydrogen (secondary N) is 1. The van der Waals surface area contributed by atoms with Gasteiger partial charge in [0.1, 0.15) is 5.54 Å². The quantitative estimate of drug-likeness (QED) is 0.203. The number of benzene rings is 5. The molecule has 0 amide bonds. The van der Waals surface area contributed by atoms with Crippen LogP contribution in [0.5, 0.6) is 0 Å². The van der Waals surface area contributed by atoms with Crippen LogP contribution in [0.1, 0.15) is 33.7 Å². The average molecular weight is 630 g/mol. The summed E-state index contributed by atoms with van der Waals surface area (Å²) in [7, 11) is 0. The third-order valence-electron chi connectivity index (χ3n) is 10.9. The first-order valence-corrected chi connectivity index (χ1v) is 16.2. The lowest BCUT2D eigenvalue weighted by Gasteiger charge is -2.44. The summed E-state index contributed by atoms with van der Waals surface area (Å²) in [6.45, 7) is 0.765. The number of aliphatic hydroxyl groups is 1. The fourth-order valence-electron chi connectivity index (χ4n) is 9.38. The molecule has 4 nitrogen and oxygen atoms in total. The van der Waals surface area contributed by atoms with Gasteiger partial charge in [0.05, 0.1) is 5.41 Å². The van der Waals surface area contributed by atoms with E-state index in [1.54, 1.807) is 0 Å². The van der Waals surface area contributed by atoms with Crippen LogP contribution in [0.3, 0.4) is 0 Å². The lowest BCUT2D eigenvalue weighted by molar-refractivity contribution is -0.139. The van der Waals surface area contributed by atoms with Gasteiger partial charge in [-0.2, -0.15) is 0 Å². The molecule has 3 aliphatic heterocycles. The van der Waals surface area contributed by atoms with E-state index in [0.29, 0.717) is 35.1 Å². The second kappa shape index (κ2) is 9.62. The van der Waals surface area contributed by atoms with E-state index in [2.05, 4.69) is 70.9 Å². The monoisotopic (exact) mass is 628 g/mol. The van der Waals surface area contributed by atoms with Crippen LogP contribution in [0.15, 0.2) is 121 Å². The molecule has 9 rings (SSSR count). The van der Waals surface area contributed by atoms with Gasteiger partial charge in [-0.15, -0.1) is 0 Å². The molecular formula is C39H30Cl2N2O2. The Kier molecular flexibility index (Phi) is 5.89. The summed E-state index contributed by atoms with van der Waals surface area (Å²) < 4.78 is 0. The molecule has 2 bridgehead atoms. The Balaban J connectivity index is 1.35. The van der Waals surface area contributed by atoms with E-state index >= 15 is 4.79 Å². The van der Waals surface area contributed by atoms with Gasteiger partial charge in [-0.25, -0.2) is 0 Å². The van der Waals surface area contributed by atoms with Crippen molar-refractivity contribution < 1.29 is 9.90 Å². The molecule has 0 saturated carbocycles. The molecule has 0 aromatic heterocycles. The number of hydrogen-bond acceptors (Lipinski definition) is 4. The minimum Gasteiger partial charge on any atom is -0.369 e. The Bertz CT molecular complexity index is 2040. The van der Waals surface area contributed by atoms with E-state index in [-0.39, 0.29) is 17.7 Å². The highest BCUT2D eigenvalue weighted by atomic mass is 35.5. The van der Waals surface area contributed by atoms with Crippen molar-refractivity contribution in [2.45, 2.75) is 29.6 Å². The number of piperidine rings is 1. The summed E-state index contributed by atoms with van der Waals surface area (Å²) in [5.41, 5.74) is 2.13. The second-order valence-electron chi connectivity index (χ2n) is 13.0. The van der Waals surface area contributed by atoms with Crippen LogP contribution in [0.4, 0.5) is 0 Å². The number of carbonyl (C=O) groups is 1. The Morgan fingerprint density at radius 1 is 0.822 bits per heavy atom. The standard InChI is InChI=1S/C39H30Cl2N2O2/c40-29-16-12-25(13-17-29)20-28-22-43-23-37(36(28)44)35(27-14-18-30(41)19-15-27)33(21-24-6-2-1-3-7-24)42-38(37)31-10-4-8-26-9-5-11-32(34(26)31)39(38,43)45/h1-20,33,35,42,45H,21-23H2/b28-20+/t33-,35-,37-,38+,39+/m0/s1. The molecule has 2 spiro atoms. The molecule has 5 aromatic carbocycles. The lowest BCUT2D eigenvalue weighted by atomic mass is 9.57. The minimum atomic E-state index is -1.45. The van der Waals surface area contributed by atoms with E-state index in [1.165, 1.54) is 5.56 Å². The highest BCUT2D eigenvalue weighted by Gasteiger charge is 2.84. The molecule has 3 fully saturated rings. The smallest absolute Gasteiger partial charge is 0.170 e. The van der Waals surface area contributed by atoms with Crippen LogP contribution >= 0.6 is 23.2 Å². The van der Waals surface area contributed by atoms with E-state index in [9.17, 15) is 5.11 Å². The lowest BCUT2D eigenvalue weighted by Crippen LogP contribution is -2.60. The number of carbonyl (C=O) groups excluding carboxylic acids is 1. The third kappa shape index (κ3) is 3.47. The largest absolute Gasteiger partial charge is 0.369 e. The Morgan fingerprint density at radius 3 is 2.20 bits per heavy atom. The predicted octanol–water partition coefficient (Wildman–Crippen LogP) is 7.47. The zero-order valence-corrected chi connectivity index (χ0v) is 25.9. The first-order chi connectivity index (χ1) is 21.9. The number of halogens is 2. The number of ketones is 1. The summed E-state index contributed by atoms with van der Waals surface area (Å²) in [6.07, 6.45) is 2.68. The van der Waals surface area contributed by atoms with E-state index in [1.807, 2.05) is 60.7 Å². The van der Waals surface area contributed by atoms with E-state index in [0.717, 1.165) is 33.0 Å². The first-order valence-electron chi connectivity index (χ1n) is 15.4. The SMILES string of the molecule is O=C1/C(=C/c2ccc(Cl)cc2)CN2C[C@]13[C@@H](c1ccc(Cl)cc1)[C@H](Cc1ccccc1)N[C@]31c3cccc4cccc(c34)[C@]21O. The average Bonchev–Trinajstić information content (AvgIpc) is 3.53. The van der Waals surface area contributed by atoms with Crippen molar-refractivity contribution in [2.75, 3.05) is 13.1 Å². The van der Waals surface area contributed by atoms with Crippen molar-refractivity contribution in [3.05, 3.63) is 159 Å². The third-order valence-corrected chi connectivity index (χ3v) is 11.4. The number of hydrogen-bond donors (Lipinski definition) is 2. The van der Waals surface area contributed by atoms with Crippen molar-refractivity contribution in [1.29, 1.82) is 0 Å². The molecular weight excluding hydrogens is 599 g/mol. The fourth-order valence-corrected chi connectivity index (χ4v) is 9.64. The van der Waals surface area contributed by atoms with Gasteiger partial charge in [-0.3, -0.25) is 15.0 Å². The molecule has 1 aliphatic carbocycles. The van der Waals surface area contributed by atoms with Crippen LogP contribution in [-0.4, -0.2) is 34.9 Å². The van der Waals surface area contributed by atoms with Gasteiger partial charge in [0.2, 0.25) is 0 Å². The van der Waals surface area contributed by atoms with Crippen molar-refractivity contribution in [1.82, 2.24) is 10.2 Å². The van der Waals surface area contributed by atoms with Gasteiger partial charge in [0.15, 0.2) is 11.5 Å². The zero-order chi connectivity index (χ0) is 30.6. The molecule has 6 atom stereocenters. The number of Topliss-reactive ketones (excluding diaryl/α,β-unsaturated/α-hetero) is 1. The number of fused-ring (bicyclic) bond motifs is 3. The molecule has 0 radical (unpaired) electrons. The number of nitrogens with zero attached hydrogens (tertiary/aromatic N) is 1. The number of rotatable bonds is 4. The molecule has 2 N–H and O–H groups in total. The van der Waals surface area contributed by atoms with Crippen LogP contribution in [0.25, 0.3) is 16.8 Å². The summed E-state index contributed by atoms with van der Waals surface area (Å²) in [6, 6.07) is 38.3. The van der Waals surface area contributed by atoms with Gasteiger partial charge in [-0.1, -0.05) is 114 Å². The molecule has 45 heavy (non-hydrogen) atoms. The van der Waals surface area contributed by atoms with Crippen LogP contribution in [0.2, 0.25) is 10.0 Å².